The van der Waals surface area contributed by atoms with E-state index >= 15 is 0 Å². The highest BCUT2D eigenvalue weighted by molar-refractivity contribution is 9.10. The number of benzene rings is 1. The summed E-state index contributed by atoms with van der Waals surface area (Å²) in [5, 5.41) is 6.87. The van der Waals surface area contributed by atoms with Crippen molar-refractivity contribution in [2.24, 2.45) is 0 Å². The third kappa shape index (κ3) is 4.99. The predicted octanol–water partition coefficient (Wildman–Crippen LogP) is 3.56. The lowest BCUT2D eigenvalue weighted by atomic mass is 10.1. The van der Waals surface area contributed by atoms with Crippen molar-refractivity contribution in [2.45, 2.75) is 33.2 Å². The van der Waals surface area contributed by atoms with E-state index in [4.69, 9.17) is 0 Å². The van der Waals surface area contributed by atoms with Gasteiger partial charge in [-0.05, 0) is 61.3 Å². The monoisotopic (exact) mass is 284 g/mol. The molecule has 0 atom stereocenters. The van der Waals surface area contributed by atoms with Crippen molar-refractivity contribution in [3.8, 4) is 0 Å². The highest BCUT2D eigenvalue weighted by Gasteiger charge is 2.07. The molecule has 0 fully saturated rings. The van der Waals surface area contributed by atoms with E-state index in [0.29, 0.717) is 0 Å². The molecule has 0 aliphatic carbocycles. The van der Waals surface area contributed by atoms with Crippen molar-refractivity contribution < 1.29 is 0 Å². The Morgan fingerprint density at radius 2 is 1.88 bits per heavy atom. The van der Waals surface area contributed by atoms with Crippen molar-refractivity contribution in [1.82, 2.24) is 5.32 Å². The summed E-state index contributed by atoms with van der Waals surface area (Å²) in [6.07, 6.45) is 0. The third-order valence-electron chi connectivity index (χ3n) is 2.22. The molecule has 0 unspecified atom stereocenters. The maximum Gasteiger partial charge on any atom is 0.0487 e. The summed E-state index contributed by atoms with van der Waals surface area (Å²) < 4.78 is 1.12. The minimum absolute atomic E-state index is 0.186. The largest absolute Gasteiger partial charge is 0.383 e. The van der Waals surface area contributed by atoms with Gasteiger partial charge in [-0.1, -0.05) is 6.07 Å². The van der Waals surface area contributed by atoms with E-state index in [0.717, 1.165) is 23.2 Å². The molecule has 0 saturated carbocycles. The van der Waals surface area contributed by atoms with Crippen LogP contribution < -0.4 is 10.6 Å². The summed E-state index contributed by atoms with van der Waals surface area (Å²) in [6.45, 7) is 10.5. The van der Waals surface area contributed by atoms with Gasteiger partial charge in [-0.25, -0.2) is 0 Å². The first kappa shape index (κ1) is 13.5. The van der Waals surface area contributed by atoms with Crippen LogP contribution >= 0.6 is 15.9 Å². The maximum absolute atomic E-state index is 3.54. The number of aryl methyl sites for hydroxylation is 1. The topological polar surface area (TPSA) is 24.1 Å². The second-order valence-electron chi connectivity index (χ2n) is 5.09. The van der Waals surface area contributed by atoms with Crippen molar-refractivity contribution in [2.75, 3.05) is 18.4 Å². The molecule has 1 aromatic rings. The molecule has 1 aromatic carbocycles. The van der Waals surface area contributed by atoms with Crippen LogP contribution in [-0.2, 0) is 0 Å². The molecule has 1 rings (SSSR count). The first-order valence-electron chi connectivity index (χ1n) is 5.63. The summed E-state index contributed by atoms with van der Waals surface area (Å²) in [6, 6.07) is 6.33. The van der Waals surface area contributed by atoms with Gasteiger partial charge < -0.3 is 10.6 Å². The van der Waals surface area contributed by atoms with Crippen LogP contribution in [0.3, 0.4) is 0 Å². The van der Waals surface area contributed by atoms with E-state index in [1.165, 1.54) is 5.56 Å². The van der Waals surface area contributed by atoms with Crippen LogP contribution in [0.15, 0.2) is 22.7 Å². The Morgan fingerprint density at radius 3 is 2.50 bits per heavy atom. The molecule has 3 heteroatoms. The molecule has 0 amide bonds. The van der Waals surface area contributed by atoms with E-state index in [-0.39, 0.29) is 5.54 Å². The number of halogens is 1. The molecule has 0 bridgehead atoms. The summed E-state index contributed by atoms with van der Waals surface area (Å²) in [4.78, 5) is 0. The standard InChI is InChI=1S/C13H21BrN2/c1-10-5-6-11(14)12(9-10)15-7-8-16-13(2,3)4/h5-6,9,15-16H,7-8H2,1-4H3. The van der Waals surface area contributed by atoms with Crippen LogP contribution in [0, 0.1) is 6.92 Å². The van der Waals surface area contributed by atoms with Crippen LogP contribution in [0.25, 0.3) is 0 Å². The highest BCUT2D eigenvalue weighted by atomic mass is 79.9. The minimum atomic E-state index is 0.186. The maximum atomic E-state index is 3.54. The van der Waals surface area contributed by atoms with Gasteiger partial charge in [0.1, 0.15) is 0 Å². The lowest BCUT2D eigenvalue weighted by Gasteiger charge is -2.21. The van der Waals surface area contributed by atoms with Gasteiger partial charge in [0, 0.05) is 28.8 Å². The van der Waals surface area contributed by atoms with Gasteiger partial charge >= 0.3 is 0 Å². The Kier molecular flexibility index (Phi) is 4.81. The van der Waals surface area contributed by atoms with Crippen LogP contribution in [0.4, 0.5) is 5.69 Å². The molecule has 2 N–H and O–H groups in total. The van der Waals surface area contributed by atoms with Gasteiger partial charge in [0.05, 0.1) is 0 Å². The zero-order valence-corrected chi connectivity index (χ0v) is 12.1. The fourth-order valence-electron chi connectivity index (χ4n) is 1.41. The van der Waals surface area contributed by atoms with E-state index < -0.39 is 0 Å². The van der Waals surface area contributed by atoms with Crippen LogP contribution in [-0.4, -0.2) is 18.6 Å². The van der Waals surface area contributed by atoms with E-state index in [9.17, 15) is 0 Å². The molecule has 0 aliphatic heterocycles. The van der Waals surface area contributed by atoms with Gasteiger partial charge in [-0.15, -0.1) is 0 Å². The molecular weight excluding hydrogens is 264 g/mol. The summed E-state index contributed by atoms with van der Waals surface area (Å²) in [5.41, 5.74) is 2.62. The minimum Gasteiger partial charge on any atom is -0.383 e. The van der Waals surface area contributed by atoms with Gasteiger partial charge in [-0.2, -0.15) is 0 Å². The second kappa shape index (κ2) is 5.69. The molecule has 0 saturated heterocycles. The number of hydrogen-bond acceptors (Lipinski definition) is 2. The van der Waals surface area contributed by atoms with Crippen molar-refractivity contribution in [3.05, 3.63) is 28.2 Å². The fourth-order valence-corrected chi connectivity index (χ4v) is 1.80. The smallest absolute Gasteiger partial charge is 0.0487 e. The SMILES string of the molecule is Cc1ccc(Br)c(NCCNC(C)(C)C)c1. The molecule has 2 nitrogen and oxygen atoms in total. The Balaban J connectivity index is 2.40. The first-order chi connectivity index (χ1) is 7.38. The quantitative estimate of drug-likeness (QED) is 0.827. The molecule has 16 heavy (non-hydrogen) atoms. The van der Waals surface area contributed by atoms with Crippen molar-refractivity contribution in [3.63, 3.8) is 0 Å². The summed E-state index contributed by atoms with van der Waals surface area (Å²) >= 11 is 3.54. The third-order valence-corrected chi connectivity index (χ3v) is 2.91. The predicted molar refractivity (Wildman–Crippen MR) is 75.1 cm³/mol. The van der Waals surface area contributed by atoms with Gasteiger partial charge in [-0.3, -0.25) is 0 Å². The van der Waals surface area contributed by atoms with E-state index in [1.807, 2.05) is 0 Å². The summed E-state index contributed by atoms with van der Waals surface area (Å²) in [5.74, 6) is 0. The van der Waals surface area contributed by atoms with E-state index in [2.05, 4.69) is 72.5 Å². The zero-order valence-electron chi connectivity index (χ0n) is 10.5. The van der Waals surface area contributed by atoms with Crippen LogP contribution in [0.1, 0.15) is 26.3 Å². The molecule has 0 heterocycles. The van der Waals surface area contributed by atoms with Gasteiger partial charge in [0.2, 0.25) is 0 Å². The van der Waals surface area contributed by atoms with Crippen LogP contribution in [0.5, 0.6) is 0 Å². The normalized spacial score (nSPS) is 11.6. The Labute approximate surface area is 107 Å². The van der Waals surface area contributed by atoms with Crippen LogP contribution in [0.2, 0.25) is 0 Å². The van der Waals surface area contributed by atoms with Crippen molar-refractivity contribution >= 4 is 21.6 Å². The molecule has 90 valence electrons. The average molecular weight is 285 g/mol. The number of hydrogen-bond donors (Lipinski definition) is 2. The Bertz CT molecular complexity index is 342. The Morgan fingerprint density at radius 1 is 1.19 bits per heavy atom. The number of anilines is 1. The highest BCUT2D eigenvalue weighted by Crippen LogP contribution is 2.22. The second-order valence-corrected chi connectivity index (χ2v) is 5.94. The number of nitrogens with one attached hydrogen (secondary N) is 2. The molecular formula is C13H21BrN2. The van der Waals surface area contributed by atoms with Gasteiger partial charge in [0.25, 0.3) is 0 Å². The lowest BCUT2D eigenvalue weighted by molar-refractivity contribution is 0.435. The first-order valence-corrected chi connectivity index (χ1v) is 6.43. The Hall–Kier alpha value is -0.540. The average Bonchev–Trinajstić information content (AvgIpc) is 2.16. The number of rotatable bonds is 4. The molecule has 0 radical (unpaired) electrons. The molecule has 0 aliphatic rings. The fraction of sp³-hybridized carbons (Fsp3) is 0.538. The van der Waals surface area contributed by atoms with Gasteiger partial charge in [0.15, 0.2) is 0 Å². The molecule has 0 spiro atoms. The van der Waals surface area contributed by atoms with E-state index in [1.54, 1.807) is 0 Å². The zero-order chi connectivity index (χ0) is 12.2. The summed E-state index contributed by atoms with van der Waals surface area (Å²) in [7, 11) is 0. The lowest BCUT2D eigenvalue weighted by Crippen LogP contribution is -2.38. The molecule has 0 aromatic heterocycles. The van der Waals surface area contributed by atoms with Crippen molar-refractivity contribution in [1.29, 1.82) is 0 Å².